The van der Waals surface area contributed by atoms with Crippen molar-refractivity contribution in [3.05, 3.63) is 0 Å². The standard InChI is InChI=1S/C22H44N2O6/c1-27-19(28-2)13-10-16-22(21(24)26,17-11-14-20(29-3)30-4)15-9-7-5-6-8-12-18(23)25/h19-20H,5-17H2,1-4H3,(H2,23,25)(H2,24,26). The number of carbonyl (C=O) groups excluding carboxylic acids is 2. The summed E-state index contributed by atoms with van der Waals surface area (Å²) >= 11 is 0. The van der Waals surface area contributed by atoms with Crippen LogP contribution in [0.4, 0.5) is 0 Å². The molecule has 0 aliphatic heterocycles. The van der Waals surface area contributed by atoms with Crippen molar-refractivity contribution in [3.63, 3.8) is 0 Å². The fraction of sp³-hybridized carbons (Fsp3) is 0.909. The van der Waals surface area contributed by atoms with Gasteiger partial charge in [0.1, 0.15) is 0 Å². The highest BCUT2D eigenvalue weighted by atomic mass is 16.7. The molecule has 0 heterocycles. The normalized spacial score (nSPS) is 12.1. The van der Waals surface area contributed by atoms with E-state index < -0.39 is 5.41 Å². The molecule has 8 heteroatoms. The van der Waals surface area contributed by atoms with Gasteiger partial charge in [0.05, 0.1) is 0 Å². The molecular weight excluding hydrogens is 388 g/mol. The lowest BCUT2D eigenvalue weighted by Crippen LogP contribution is -2.38. The number of rotatable bonds is 21. The van der Waals surface area contributed by atoms with Gasteiger partial charge >= 0.3 is 0 Å². The van der Waals surface area contributed by atoms with Gasteiger partial charge in [0.2, 0.25) is 11.8 Å². The lowest BCUT2D eigenvalue weighted by atomic mass is 9.73. The van der Waals surface area contributed by atoms with Gasteiger partial charge in [-0.25, -0.2) is 0 Å². The van der Waals surface area contributed by atoms with E-state index in [4.69, 9.17) is 30.4 Å². The van der Waals surface area contributed by atoms with Crippen molar-refractivity contribution >= 4 is 11.8 Å². The Morgan fingerprint density at radius 1 is 0.667 bits per heavy atom. The van der Waals surface area contributed by atoms with Gasteiger partial charge in [-0.3, -0.25) is 9.59 Å². The number of carbonyl (C=O) groups is 2. The summed E-state index contributed by atoms with van der Waals surface area (Å²) < 4.78 is 21.1. The SMILES string of the molecule is COC(CCCC(CCCCCCCC(N)=O)(CCCC(OC)OC)C(N)=O)OC. The third-order valence-corrected chi connectivity index (χ3v) is 5.84. The molecule has 0 aromatic rings. The minimum atomic E-state index is -0.550. The first-order chi connectivity index (χ1) is 14.3. The monoisotopic (exact) mass is 432 g/mol. The number of amides is 2. The van der Waals surface area contributed by atoms with Crippen molar-refractivity contribution in [3.8, 4) is 0 Å². The summed E-state index contributed by atoms with van der Waals surface area (Å²) in [5, 5.41) is 0. The second-order valence-corrected chi connectivity index (χ2v) is 7.97. The fourth-order valence-corrected chi connectivity index (χ4v) is 3.92. The van der Waals surface area contributed by atoms with Crippen molar-refractivity contribution in [2.75, 3.05) is 28.4 Å². The molecule has 0 spiro atoms. The summed E-state index contributed by atoms with van der Waals surface area (Å²) in [6.07, 6.45) is 9.84. The molecule has 8 nitrogen and oxygen atoms in total. The third kappa shape index (κ3) is 12.5. The quantitative estimate of drug-likeness (QED) is 0.212. The Balaban J connectivity index is 4.78. The van der Waals surface area contributed by atoms with Crippen molar-refractivity contribution in [1.82, 2.24) is 0 Å². The molecule has 178 valence electrons. The number of hydrogen-bond acceptors (Lipinski definition) is 6. The molecule has 0 fully saturated rings. The maximum Gasteiger partial charge on any atom is 0.223 e. The predicted molar refractivity (Wildman–Crippen MR) is 116 cm³/mol. The molecule has 0 radical (unpaired) electrons. The van der Waals surface area contributed by atoms with E-state index in [1.807, 2.05) is 0 Å². The smallest absolute Gasteiger partial charge is 0.223 e. The van der Waals surface area contributed by atoms with Gasteiger partial charge in [0, 0.05) is 40.3 Å². The molecule has 0 rings (SSSR count). The van der Waals surface area contributed by atoms with Gasteiger partial charge < -0.3 is 30.4 Å². The maximum atomic E-state index is 12.5. The van der Waals surface area contributed by atoms with Crippen LogP contribution >= 0.6 is 0 Å². The highest BCUT2D eigenvalue weighted by molar-refractivity contribution is 5.80. The minimum Gasteiger partial charge on any atom is -0.370 e. The Hall–Kier alpha value is -1.22. The van der Waals surface area contributed by atoms with E-state index in [0.29, 0.717) is 32.1 Å². The highest BCUT2D eigenvalue weighted by Crippen LogP contribution is 2.37. The van der Waals surface area contributed by atoms with Gasteiger partial charge in [-0.1, -0.05) is 25.7 Å². The number of ether oxygens (including phenoxy) is 4. The fourth-order valence-electron chi connectivity index (χ4n) is 3.92. The van der Waals surface area contributed by atoms with Crippen LogP contribution in [0.2, 0.25) is 0 Å². The average molecular weight is 433 g/mol. The Morgan fingerprint density at radius 2 is 1.07 bits per heavy atom. The van der Waals surface area contributed by atoms with E-state index in [2.05, 4.69) is 0 Å². The van der Waals surface area contributed by atoms with Crippen LogP contribution in [0.3, 0.4) is 0 Å². The molecular formula is C22H44N2O6. The van der Waals surface area contributed by atoms with Crippen molar-refractivity contribution < 1.29 is 28.5 Å². The van der Waals surface area contributed by atoms with Gasteiger partial charge in [-0.15, -0.1) is 0 Å². The van der Waals surface area contributed by atoms with Gasteiger partial charge in [0.15, 0.2) is 12.6 Å². The lowest BCUT2D eigenvalue weighted by molar-refractivity contribution is -0.132. The summed E-state index contributed by atoms with van der Waals surface area (Å²) in [4.78, 5) is 23.4. The molecule has 0 aliphatic rings. The Morgan fingerprint density at radius 3 is 1.47 bits per heavy atom. The van der Waals surface area contributed by atoms with Crippen molar-refractivity contribution in [2.24, 2.45) is 16.9 Å². The van der Waals surface area contributed by atoms with Gasteiger partial charge in [-0.05, 0) is 51.4 Å². The van der Waals surface area contributed by atoms with E-state index >= 15 is 0 Å². The first-order valence-corrected chi connectivity index (χ1v) is 11.0. The molecule has 2 amide bonds. The second kappa shape index (κ2) is 17.5. The summed E-state index contributed by atoms with van der Waals surface area (Å²) in [7, 11) is 6.46. The minimum absolute atomic E-state index is 0.242. The summed E-state index contributed by atoms with van der Waals surface area (Å²) in [6, 6.07) is 0. The predicted octanol–water partition coefficient (Wildman–Crippen LogP) is 3.25. The number of nitrogens with two attached hydrogens (primary N) is 2. The molecule has 4 N–H and O–H groups in total. The van der Waals surface area contributed by atoms with Crippen LogP contribution in [0.1, 0.15) is 83.5 Å². The van der Waals surface area contributed by atoms with E-state index in [1.165, 1.54) is 0 Å². The molecule has 0 bridgehead atoms. The molecule has 0 saturated heterocycles. The Labute approximate surface area is 182 Å². The largest absolute Gasteiger partial charge is 0.370 e. The second-order valence-electron chi connectivity index (χ2n) is 7.97. The van der Waals surface area contributed by atoms with Crippen LogP contribution in [0, 0.1) is 5.41 Å². The first kappa shape index (κ1) is 28.8. The summed E-state index contributed by atoms with van der Waals surface area (Å²) in [5.41, 5.74) is 10.5. The molecule has 0 aromatic heterocycles. The van der Waals surface area contributed by atoms with E-state index in [-0.39, 0.29) is 24.4 Å². The zero-order chi connectivity index (χ0) is 22.8. The van der Waals surface area contributed by atoms with Crippen LogP contribution in [0.25, 0.3) is 0 Å². The molecule has 0 aromatic carbocycles. The van der Waals surface area contributed by atoms with Crippen molar-refractivity contribution in [2.45, 2.75) is 96.1 Å². The number of hydrogen-bond donors (Lipinski definition) is 2. The lowest BCUT2D eigenvalue weighted by Gasteiger charge is -2.32. The molecule has 0 saturated carbocycles. The van der Waals surface area contributed by atoms with Gasteiger partial charge in [0.25, 0.3) is 0 Å². The van der Waals surface area contributed by atoms with Crippen LogP contribution in [0.15, 0.2) is 0 Å². The molecule has 0 aliphatic carbocycles. The Kier molecular flexibility index (Phi) is 16.7. The number of methoxy groups -OCH3 is 4. The summed E-state index contributed by atoms with van der Waals surface area (Å²) in [5.74, 6) is -0.493. The summed E-state index contributed by atoms with van der Waals surface area (Å²) in [6.45, 7) is 0. The van der Waals surface area contributed by atoms with E-state index in [0.717, 1.165) is 51.4 Å². The maximum absolute atomic E-state index is 12.5. The van der Waals surface area contributed by atoms with Crippen LogP contribution in [0.5, 0.6) is 0 Å². The average Bonchev–Trinajstić information content (AvgIpc) is 2.72. The molecule has 0 unspecified atom stereocenters. The first-order valence-electron chi connectivity index (χ1n) is 11.0. The van der Waals surface area contributed by atoms with Gasteiger partial charge in [-0.2, -0.15) is 0 Å². The number of unbranched alkanes of at least 4 members (excludes halogenated alkanes) is 4. The molecule has 0 atom stereocenters. The number of primary amides is 2. The Bertz CT molecular complexity index is 435. The third-order valence-electron chi connectivity index (χ3n) is 5.84. The van der Waals surface area contributed by atoms with Crippen LogP contribution < -0.4 is 11.5 Å². The molecule has 30 heavy (non-hydrogen) atoms. The highest BCUT2D eigenvalue weighted by Gasteiger charge is 2.35. The topological polar surface area (TPSA) is 123 Å². The van der Waals surface area contributed by atoms with Crippen LogP contribution in [-0.4, -0.2) is 52.8 Å². The zero-order valence-corrected chi connectivity index (χ0v) is 19.5. The zero-order valence-electron chi connectivity index (χ0n) is 19.5. The van der Waals surface area contributed by atoms with Crippen molar-refractivity contribution in [1.29, 1.82) is 0 Å². The van der Waals surface area contributed by atoms with E-state index in [1.54, 1.807) is 28.4 Å². The van der Waals surface area contributed by atoms with Crippen LogP contribution in [-0.2, 0) is 28.5 Å². The van der Waals surface area contributed by atoms with E-state index in [9.17, 15) is 9.59 Å².